The zero-order valence-corrected chi connectivity index (χ0v) is 21.9. The first-order valence-electron chi connectivity index (χ1n) is 11.9. The summed E-state index contributed by atoms with van der Waals surface area (Å²) in [5.74, 6) is -11.6. The van der Waals surface area contributed by atoms with E-state index in [0.29, 0.717) is 65.6 Å². The van der Waals surface area contributed by atoms with Crippen LogP contribution < -0.4 is 13.8 Å². The maximum absolute atomic E-state index is 14.0. The molecule has 0 N–H and O–H groups in total. The molecule has 1 saturated heterocycles. The smallest absolute Gasteiger partial charge is 0.416 e. The fourth-order valence-electron chi connectivity index (χ4n) is 4.66. The number of hydrogen-bond acceptors (Lipinski definition) is 5. The fraction of sp³-hybridized carbons (Fsp3) is 0.308. The summed E-state index contributed by atoms with van der Waals surface area (Å²) < 4.78 is 131. The van der Waals surface area contributed by atoms with E-state index in [1.807, 2.05) is 0 Å². The van der Waals surface area contributed by atoms with E-state index in [1.54, 1.807) is 11.0 Å². The predicted molar refractivity (Wildman–Crippen MR) is 133 cm³/mol. The SMILES string of the molecule is O=S1CCN(c2cc(C(F)(F)F)ccc2C2CCOc3cc(SOc4c(F)c(F)c(F)c(F)c4F)ccc32)CC1. The minimum Gasteiger partial charge on any atom is -0.493 e. The number of rotatable bonds is 5. The molecule has 3 aromatic rings. The summed E-state index contributed by atoms with van der Waals surface area (Å²) in [5, 5.41) is 0. The van der Waals surface area contributed by atoms with E-state index in [4.69, 9.17) is 8.92 Å². The van der Waals surface area contributed by atoms with Gasteiger partial charge in [0.25, 0.3) is 0 Å². The average molecular weight is 610 g/mol. The summed E-state index contributed by atoms with van der Waals surface area (Å²) in [6.07, 6.45) is -4.11. The Balaban J connectivity index is 1.45. The van der Waals surface area contributed by atoms with Crippen molar-refractivity contribution in [1.29, 1.82) is 0 Å². The summed E-state index contributed by atoms with van der Waals surface area (Å²) in [6, 6.07) is 8.07. The summed E-state index contributed by atoms with van der Waals surface area (Å²) >= 11 is 0.348. The average Bonchev–Trinajstić information content (AvgIpc) is 2.94. The molecule has 0 aromatic heterocycles. The summed E-state index contributed by atoms with van der Waals surface area (Å²) in [6.45, 7) is 0.873. The van der Waals surface area contributed by atoms with Gasteiger partial charge in [-0.3, -0.25) is 4.21 Å². The van der Waals surface area contributed by atoms with Crippen LogP contribution in [0.1, 0.15) is 29.0 Å². The molecule has 2 heterocycles. The number of ether oxygens (including phenoxy) is 1. The second kappa shape index (κ2) is 11.1. The van der Waals surface area contributed by atoms with E-state index in [2.05, 4.69) is 0 Å². The van der Waals surface area contributed by atoms with Gasteiger partial charge in [0.2, 0.25) is 34.8 Å². The Hall–Kier alpha value is -3.00. The van der Waals surface area contributed by atoms with E-state index >= 15 is 0 Å². The van der Waals surface area contributed by atoms with Crippen LogP contribution in [0.25, 0.3) is 0 Å². The van der Waals surface area contributed by atoms with Crippen LogP contribution in [-0.2, 0) is 17.0 Å². The molecular weight excluding hydrogens is 590 g/mol. The molecule has 3 aromatic carbocycles. The van der Waals surface area contributed by atoms with Crippen molar-refractivity contribution in [1.82, 2.24) is 0 Å². The normalized spacial score (nSPS) is 17.9. The topological polar surface area (TPSA) is 38.8 Å². The van der Waals surface area contributed by atoms with Crippen molar-refractivity contribution in [2.45, 2.75) is 23.4 Å². The van der Waals surface area contributed by atoms with Crippen molar-refractivity contribution in [3.05, 3.63) is 82.2 Å². The highest BCUT2D eigenvalue weighted by Gasteiger charge is 2.34. The molecule has 5 rings (SSSR count). The van der Waals surface area contributed by atoms with Gasteiger partial charge in [0.15, 0.2) is 0 Å². The number of nitrogens with zero attached hydrogens (tertiary/aromatic N) is 1. The number of anilines is 1. The van der Waals surface area contributed by atoms with E-state index in [0.717, 1.165) is 12.1 Å². The number of hydrogen-bond donors (Lipinski definition) is 0. The molecule has 0 saturated carbocycles. The lowest BCUT2D eigenvalue weighted by atomic mass is 9.85. The molecule has 1 fully saturated rings. The van der Waals surface area contributed by atoms with Crippen LogP contribution in [-0.4, -0.2) is 35.4 Å². The summed E-state index contributed by atoms with van der Waals surface area (Å²) in [5.41, 5.74) is 0.844. The molecule has 1 atom stereocenters. The van der Waals surface area contributed by atoms with Crippen LogP contribution in [0.4, 0.5) is 40.8 Å². The van der Waals surface area contributed by atoms with Gasteiger partial charge in [-0.2, -0.15) is 22.0 Å². The standard InChI is InChI=1S/C26H19F8NO3S2/c27-20-21(28)23(30)25(24(31)22(20)29)38-39-14-2-4-17-15(5-8-37-19(17)12-14)16-3-1-13(26(32,33)34)11-18(16)35-6-9-40(36)10-7-35/h1-4,11-12,15H,5-10H2. The number of alkyl halides is 3. The lowest BCUT2D eigenvalue weighted by Gasteiger charge is -2.34. The number of benzene rings is 3. The highest BCUT2D eigenvalue weighted by molar-refractivity contribution is 7.95. The van der Waals surface area contributed by atoms with Gasteiger partial charge < -0.3 is 13.8 Å². The Labute approximate surface area is 229 Å². The zero-order valence-electron chi connectivity index (χ0n) is 20.3. The summed E-state index contributed by atoms with van der Waals surface area (Å²) in [7, 11) is -1.04. The van der Waals surface area contributed by atoms with Crippen molar-refractivity contribution in [3.63, 3.8) is 0 Å². The van der Waals surface area contributed by atoms with Crippen LogP contribution in [0.5, 0.6) is 11.5 Å². The Morgan fingerprint density at radius 3 is 2.15 bits per heavy atom. The van der Waals surface area contributed by atoms with E-state index in [1.165, 1.54) is 18.2 Å². The Kier molecular flexibility index (Phi) is 7.92. The minimum atomic E-state index is -4.55. The second-order valence-corrected chi connectivity index (χ2v) is 11.6. The van der Waals surface area contributed by atoms with Crippen LogP contribution in [0.15, 0.2) is 41.3 Å². The molecule has 0 aliphatic carbocycles. The lowest BCUT2D eigenvalue weighted by molar-refractivity contribution is -0.137. The monoisotopic (exact) mass is 609 g/mol. The molecule has 1 unspecified atom stereocenters. The third-order valence-corrected chi connectivity index (χ3v) is 8.64. The first-order valence-corrected chi connectivity index (χ1v) is 14.1. The zero-order chi connectivity index (χ0) is 28.8. The molecule has 0 radical (unpaired) electrons. The van der Waals surface area contributed by atoms with Crippen molar-refractivity contribution in [3.8, 4) is 11.5 Å². The third kappa shape index (κ3) is 5.47. The molecular formula is C26H19F8NO3S2. The maximum atomic E-state index is 14.0. The predicted octanol–water partition coefficient (Wildman–Crippen LogP) is 6.97. The Bertz CT molecular complexity index is 1440. The summed E-state index contributed by atoms with van der Waals surface area (Å²) in [4.78, 5) is 2.01. The molecule has 14 heteroatoms. The van der Waals surface area contributed by atoms with Crippen LogP contribution in [0, 0.1) is 29.1 Å². The van der Waals surface area contributed by atoms with E-state index < -0.39 is 57.4 Å². The molecule has 2 aliphatic rings. The molecule has 2 aliphatic heterocycles. The van der Waals surface area contributed by atoms with Gasteiger partial charge in [-0.1, -0.05) is 12.1 Å². The maximum Gasteiger partial charge on any atom is 0.416 e. The first-order chi connectivity index (χ1) is 19.0. The van der Waals surface area contributed by atoms with Gasteiger partial charge in [0.1, 0.15) is 5.75 Å². The van der Waals surface area contributed by atoms with Crippen molar-refractivity contribution in [2.75, 3.05) is 36.1 Å². The van der Waals surface area contributed by atoms with Crippen LogP contribution in [0.2, 0.25) is 0 Å². The molecule has 0 bridgehead atoms. The quantitative estimate of drug-likeness (QED) is 0.135. The molecule has 4 nitrogen and oxygen atoms in total. The molecule has 214 valence electrons. The minimum absolute atomic E-state index is 0.203. The Morgan fingerprint density at radius 2 is 1.50 bits per heavy atom. The van der Waals surface area contributed by atoms with Crippen LogP contribution >= 0.6 is 12.0 Å². The van der Waals surface area contributed by atoms with Crippen molar-refractivity contribution >= 4 is 28.5 Å². The third-order valence-electron chi connectivity index (χ3n) is 6.67. The van der Waals surface area contributed by atoms with Gasteiger partial charge in [0, 0.05) is 52.6 Å². The molecule has 0 amide bonds. The highest BCUT2D eigenvalue weighted by Crippen LogP contribution is 2.45. The molecule has 0 spiro atoms. The second-order valence-electron chi connectivity index (χ2n) is 9.06. The van der Waals surface area contributed by atoms with Gasteiger partial charge in [0.05, 0.1) is 29.1 Å². The van der Waals surface area contributed by atoms with Crippen molar-refractivity contribution < 1.29 is 48.3 Å². The van der Waals surface area contributed by atoms with E-state index in [9.17, 15) is 39.3 Å². The van der Waals surface area contributed by atoms with Gasteiger partial charge in [-0.05, 0) is 36.2 Å². The van der Waals surface area contributed by atoms with Gasteiger partial charge in [-0.15, -0.1) is 0 Å². The van der Waals surface area contributed by atoms with Gasteiger partial charge in [-0.25, -0.2) is 13.2 Å². The van der Waals surface area contributed by atoms with Crippen molar-refractivity contribution in [2.24, 2.45) is 0 Å². The largest absolute Gasteiger partial charge is 0.493 e. The lowest BCUT2D eigenvalue weighted by Crippen LogP contribution is -2.38. The highest BCUT2D eigenvalue weighted by atomic mass is 32.2. The van der Waals surface area contributed by atoms with Crippen LogP contribution in [0.3, 0.4) is 0 Å². The van der Waals surface area contributed by atoms with Gasteiger partial charge >= 0.3 is 6.18 Å². The molecule has 40 heavy (non-hydrogen) atoms. The first kappa shape index (κ1) is 28.5. The fourth-order valence-corrected chi connectivity index (χ4v) is 6.32. The van der Waals surface area contributed by atoms with E-state index in [-0.39, 0.29) is 17.4 Å². The number of halogens is 8. The number of fused-ring (bicyclic) bond motifs is 1. The Morgan fingerprint density at radius 1 is 0.875 bits per heavy atom.